The van der Waals surface area contributed by atoms with Crippen molar-refractivity contribution in [2.45, 2.75) is 36.9 Å². The predicted octanol–water partition coefficient (Wildman–Crippen LogP) is 4.22. The molecule has 0 saturated heterocycles. The van der Waals surface area contributed by atoms with Crippen LogP contribution in [0, 0.1) is 0 Å². The first kappa shape index (κ1) is 20.6. The van der Waals surface area contributed by atoms with Crippen LogP contribution in [0.3, 0.4) is 0 Å². The number of hydrogen-bond donors (Lipinski definition) is 0. The van der Waals surface area contributed by atoms with Gasteiger partial charge < -0.3 is 9.64 Å². The lowest BCUT2D eigenvalue weighted by molar-refractivity contribution is -0.142. The number of fused-ring (bicyclic) bond motifs is 1. The summed E-state index contributed by atoms with van der Waals surface area (Å²) in [5, 5.41) is 1.84. The van der Waals surface area contributed by atoms with Gasteiger partial charge in [-0.15, -0.1) is 11.3 Å². The van der Waals surface area contributed by atoms with Gasteiger partial charge in [0.05, 0.1) is 24.5 Å². The summed E-state index contributed by atoms with van der Waals surface area (Å²) in [5.74, 6) is 0.0851. The lowest BCUT2D eigenvalue weighted by Crippen LogP contribution is -2.24. The average Bonchev–Trinajstić information content (AvgIpc) is 3.17. The maximum absolute atomic E-state index is 12.6. The molecule has 7 heteroatoms. The third kappa shape index (κ3) is 4.31. The number of allylic oxidation sites excluding steroid dienone is 2. The number of carbonyl (C=O) groups is 2. The quantitative estimate of drug-likeness (QED) is 0.383. The molecular weight excluding hydrogens is 392 g/mol. The van der Waals surface area contributed by atoms with Gasteiger partial charge in [0.15, 0.2) is 10.1 Å². The van der Waals surface area contributed by atoms with E-state index in [1.54, 1.807) is 13.0 Å². The number of aromatic nitrogens is 1. The molecule has 0 radical (unpaired) electrons. The van der Waals surface area contributed by atoms with Crippen LogP contribution in [-0.4, -0.2) is 36.1 Å². The predicted molar refractivity (Wildman–Crippen MR) is 114 cm³/mol. The van der Waals surface area contributed by atoms with Gasteiger partial charge in [-0.1, -0.05) is 43.8 Å². The molecule has 0 amide bonds. The fourth-order valence-electron chi connectivity index (χ4n) is 3.38. The second-order valence-corrected chi connectivity index (χ2v) is 9.15. The van der Waals surface area contributed by atoms with E-state index in [1.165, 1.54) is 28.7 Å². The minimum absolute atomic E-state index is 0.0508. The molecule has 1 aromatic heterocycles. The lowest BCUT2D eigenvalue weighted by Gasteiger charge is -2.23. The Morgan fingerprint density at radius 3 is 2.79 bits per heavy atom. The molecular formula is C21H24N2O3S2. The SMILES string of the molecule is CCOC(=O)Cc1csc(SCC(=O)/C=C2/N(C)c3ccccc3C2(C)C)n1. The molecule has 0 atom stereocenters. The molecule has 0 bridgehead atoms. The number of carbonyl (C=O) groups excluding carboxylic acids is 2. The molecule has 0 saturated carbocycles. The minimum Gasteiger partial charge on any atom is -0.466 e. The molecule has 1 aliphatic rings. The third-order valence-corrected chi connectivity index (χ3v) is 6.83. The van der Waals surface area contributed by atoms with Gasteiger partial charge in [-0.3, -0.25) is 9.59 Å². The third-order valence-electron chi connectivity index (χ3n) is 4.74. The first-order valence-corrected chi connectivity index (χ1v) is 11.0. The highest BCUT2D eigenvalue weighted by Gasteiger charge is 2.38. The number of thiazole rings is 1. The van der Waals surface area contributed by atoms with E-state index in [0.717, 1.165) is 15.7 Å². The van der Waals surface area contributed by atoms with Crippen molar-refractivity contribution < 1.29 is 14.3 Å². The summed E-state index contributed by atoms with van der Waals surface area (Å²) in [5.41, 5.74) is 3.85. The largest absolute Gasteiger partial charge is 0.466 e. The number of hydrogen-bond acceptors (Lipinski definition) is 7. The first-order valence-electron chi connectivity index (χ1n) is 9.14. The van der Waals surface area contributed by atoms with Crippen LogP contribution in [0.5, 0.6) is 0 Å². The van der Waals surface area contributed by atoms with Crippen LogP contribution in [0.1, 0.15) is 32.0 Å². The minimum atomic E-state index is -0.281. The van der Waals surface area contributed by atoms with Gasteiger partial charge in [0, 0.05) is 35.3 Å². The normalized spacial score (nSPS) is 16.3. The summed E-state index contributed by atoms with van der Waals surface area (Å²) >= 11 is 2.85. The van der Waals surface area contributed by atoms with Crippen LogP contribution in [0.25, 0.3) is 0 Å². The highest BCUT2D eigenvalue weighted by molar-refractivity contribution is 8.01. The van der Waals surface area contributed by atoms with Crippen LogP contribution < -0.4 is 4.90 Å². The topological polar surface area (TPSA) is 59.5 Å². The Morgan fingerprint density at radius 2 is 2.07 bits per heavy atom. The van der Waals surface area contributed by atoms with E-state index in [4.69, 9.17) is 4.74 Å². The Labute approximate surface area is 173 Å². The van der Waals surface area contributed by atoms with E-state index in [-0.39, 0.29) is 23.6 Å². The van der Waals surface area contributed by atoms with Gasteiger partial charge in [0.2, 0.25) is 0 Å². The first-order chi connectivity index (χ1) is 13.3. The van der Waals surface area contributed by atoms with Crippen molar-refractivity contribution in [1.29, 1.82) is 0 Å². The molecule has 0 N–H and O–H groups in total. The zero-order chi connectivity index (χ0) is 20.3. The number of benzene rings is 1. The zero-order valence-corrected chi connectivity index (χ0v) is 18.2. The molecule has 5 nitrogen and oxygen atoms in total. The van der Waals surface area contributed by atoms with Crippen LogP contribution in [0.15, 0.2) is 45.8 Å². The van der Waals surface area contributed by atoms with E-state index in [9.17, 15) is 9.59 Å². The number of nitrogens with zero attached hydrogens (tertiary/aromatic N) is 2. The molecule has 1 aliphatic heterocycles. The molecule has 2 heterocycles. The highest BCUT2D eigenvalue weighted by atomic mass is 32.2. The summed E-state index contributed by atoms with van der Waals surface area (Å²) < 4.78 is 5.72. The van der Waals surface area contributed by atoms with Crippen molar-refractivity contribution in [3.05, 3.63) is 52.7 Å². The fraction of sp³-hybridized carbons (Fsp3) is 0.381. The summed E-state index contributed by atoms with van der Waals surface area (Å²) in [6.07, 6.45) is 1.92. The average molecular weight is 417 g/mol. The van der Waals surface area contributed by atoms with E-state index < -0.39 is 0 Å². The van der Waals surface area contributed by atoms with E-state index >= 15 is 0 Å². The van der Waals surface area contributed by atoms with Crippen molar-refractivity contribution in [1.82, 2.24) is 4.98 Å². The van der Waals surface area contributed by atoms with Crippen LogP contribution in [-0.2, 0) is 26.2 Å². The van der Waals surface area contributed by atoms with Crippen molar-refractivity contribution in [2.75, 3.05) is 24.3 Å². The number of anilines is 1. The second kappa shape index (κ2) is 8.49. The Morgan fingerprint density at radius 1 is 1.32 bits per heavy atom. The number of para-hydroxylation sites is 1. The number of likely N-dealkylation sites (N-methyl/N-ethyl adjacent to an activating group) is 1. The highest BCUT2D eigenvalue weighted by Crippen LogP contribution is 2.46. The van der Waals surface area contributed by atoms with E-state index in [2.05, 4.69) is 35.9 Å². The molecule has 0 spiro atoms. The fourth-order valence-corrected chi connectivity index (χ4v) is 5.05. The molecule has 0 aliphatic carbocycles. The number of ether oxygens (including phenoxy) is 1. The summed E-state index contributed by atoms with van der Waals surface area (Å²) in [7, 11) is 2.00. The molecule has 0 fully saturated rings. The van der Waals surface area contributed by atoms with Crippen LogP contribution in [0.4, 0.5) is 5.69 Å². The van der Waals surface area contributed by atoms with E-state index in [0.29, 0.717) is 18.1 Å². The summed E-state index contributed by atoms with van der Waals surface area (Å²) in [4.78, 5) is 30.6. The Hall–Kier alpha value is -2.12. The molecule has 0 unspecified atom stereocenters. The monoisotopic (exact) mass is 416 g/mol. The maximum atomic E-state index is 12.6. The molecule has 3 rings (SSSR count). The maximum Gasteiger partial charge on any atom is 0.311 e. The van der Waals surface area contributed by atoms with Gasteiger partial charge in [0.25, 0.3) is 0 Å². The van der Waals surface area contributed by atoms with Gasteiger partial charge in [0.1, 0.15) is 0 Å². The van der Waals surface area contributed by atoms with Crippen LogP contribution >= 0.6 is 23.1 Å². The Kier molecular flexibility index (Phi) is 6.25. The van der Waals surface area contributed by atoms with E-state index in [1.807, 2.05) is 24.6 Å². The standard InChI is InChI=1S/C21H24N2O3S2/c1-5-26-19(25)10-14-12-27-20(22-14)28-13-15(24)11-18-21(2,3)16-8-6-7-9-17(16)23(18)4/h6-9,11-12H,5,10,13H2,1-4H3/b18-11+. The van der Waals surface area contributed by atoms with Gasteiger partial charge in [-0.25, -0.2) is 4.98 Å². The Balaban J connectivity index is 1.63. The van der Waals surface area contributed by atoms with Crippen LogP contribution in [0.2, 0.25) is 0 Å². The summed E-state index contributed by atoms with van der Waals surface area (Å²) in [6.45, 7) is 6.43. The summed E-state index contributed by atoms with van der Waals surface area (Å²) in [6, 6.07) is 8.25. The van der Waals surface area contributed by atoms with Gasteiger partial charge in [-0.2, -0.15) is 0 Å². The lowest BCUT2D eigenvalue weighted by atomic mass is 9.83. The van der Waals surface area contributed by atoms with Crippen molar-refractivity contribution in [3.8, 4) is 0 Å². The number of ketones is 1. The molecule has 1 aromatic carbocycles. The molecule has 28 heavy (non-hydrogen) atoms. The molecule has 2 aromatic rings. The van der Waals surface area contributed by atoms with Gasteiger partial charge >= 0.3 is 5.97 Å². The Bertz CT molecular complexity index is 918. The zero-order valence-electron chi connectivity index (χ0n) is 16.5. The van der Waals surface area contributed by atoms with Crippen molar-refractivity contribution in [2.24, 2.45) is 0 Å². The second-order valence-electron chi connectivity index (χ2n) is 7.07. The number of thioether (sulfide) groups is 1. The van der Waals surface area contributed by atoms with Crippen molar-refractivity contribution >= 4 is 40.5 Å². The number of rotatable bonds is 7. The van der Waals surface area contributed by atoms with Crippen molar-refractivity contribution in [3.63, 3.8) is 0 Å². The van der Waals surface area contributed by atoms with Gasteiger partial charge in [-0.05, 0) is 18.6 Å². The molecule has 148 valence electrons. The number of esters is 1. The smallest absolute Gasteiger partial charge is 0.311 e.